The Morgan fingerprint density at radius 1 is 1.17 bits per heavy atom. The maximum atomic E-state index is 12.8. The lowest BCUT2D eigenvalue weighted by Gasteiger charge is -2.23. The number of aromatic nitrogens is 1. The molecule has 0 atom stereocenters. The van der Waals surface area contributed by atoms with Crippen molar-refractivity contribution in [2.75, 3.05) is 23.2 Å². The van der Waals surface area contributed by atoms with Crippen molar-refractivity contribution in [2.45, 2.75) is 25.2 Å². The lowest BCUT2D eigenvalue weighted by atomic mass is 10.1. The molecule has 0 unspecified atom stereocenters. The van der Waals surface area contributed by atoms with E-state index >= 15 is 0 Å². The number of rotatable bonds is 8. The Morgan fingerprint density at radius 2 is 1.87 bits per heavy atom. The summed E-state index contributed by atoms with van der Waals surface area (Å²) in [6, 6.07) is 12.3. The Balaban J connectivity index is 1.91. The van der Waals surface area contributed by atoms with Gasteiger partial charge in [-0.2, -0.15) is 0 Å². The highest BCUT2D eigenvalue weighted by Gasteiger charge is 2.19. The second kappa shape index (κ2) is 8.58. The molecule has 2 N–H and O–H groups in total. The lowest BCUT2D eigenvalue weighted by Crippen LogP contribution is -2.23. The number of sulfonamides is 1. The van der Waals surface area contributed by atoms with Crippen LogP contribution in [0.4, 0.5) is 11.4 Å². The third-order valence-corrected chi connectivity index (χ3v) is 6.21. The van der Waals surface area contributed by atoms with Crippen molar-refractivity contribution in [2.24, 2.45) is 0 Å². The quantitative estimate of drug-likeness (QED) is 0.564. The monoisotopic (exact) mass is 429 g/mol. The molecule has 0 saturated carbocycles. The zero-order chi connectivity index (χ0) is 21.9. The fourth-order valence-electron chi connectivity index (χ4n) is 3.15. The number of likely N-dealkylation sites (N-methyl/N-ethyl adjacent to an activating group) is 1. The first-order valence-corrected chi connectivity index (χ1v) is 10.8. The number of benzene rings is 2. The van der Waals surface area contributed by atoms with Crippen LogP contribution in [0, 0.1) is 13.8 Å². The average Bonchev–Trinajstić information content (AvgIpc) is 3.04. The van der Waals surface area contributed by atoms with Crippen LogP contribution in [0.3, 0.4) is 0 Å². The maximum absolute atomic E-state index is 12.8. The summed E-state index contributed by atoms with van der Waals surface area (Å²) >= 11 is 0. The summed E-state index contributed by atoms with van der Waals surface area (Å²) in [5, 5.41) is 13.3. The fraction of sp³-hybridized carbons (Fsp3) is 0.238. The number of nitrogens with one attached hydrogen (secondary N) is 1. The van der Waals surface area contributed by atoms with Gasteiger partial charge in [-0.25, -0.2) is 13.2 Å². The van der Waals surface area contributed by atoms with E-state index in [2.05, 4.69) is 9.88 Å². The number of carbonyl (C=O) groups is 1. The Kier molecular flexibility index (Phi) is 6.12. The number of carboxylic acid groups (broad SMARTS) is 1. The van der Waals surface area contributed by atoms with Crippen LogP contribution in [0.25, 0.3) is 0 Å². The molecule has 1 aromatic heterocycles. The summed E-state index contributed by atoms with van der Waals surface area (Å²) in [6.45, 7) is 4.26. The van der Waals surface area contributed by atoms with Gasteiger partial charge in [-0.05, 0) is 50.6 Å². The molecule has 0 radical (unpaired) electrons. The molecule has 0 fully saturated rings. The number of carboxylic acids is 1. The zero-order valence-corrected chi connectivity index (χ0v) is 17.7. The Morgan fingerprint density at radius 3 is 2.47 bits per heavy atom. The summed E-state index contributed by atoms with van der Waals surface area (Å²) in [4.78, 5) is 13.4. The van der Waals surface area contributed by atoms with E-state index in [1.807, 2.05) is 25.8 Å². The second-order valence-corrected chi connectivity index (χ2v) is 8.61. The number of nitrogens with zero attached hydrogens (tertiary/aromatic N) is 2. The molecule has 1 heterocycles. The number of aryl methyl sites for hydroxylation is 2. The van der Waals surface area contributed by atoms with Crippen molar-refractivity contribution < 1.29 is 22.8 Å². The van der Waals surface area contributed by atoms with Crippen molar-refractivity contribution >= 4 is 27.4 Å². The Hall–Kier alpha value is -3.33. The minimum absolute atomic E-state index is 0.0105. The number of anilines is 2. The Bertz CT molecular complexity index is 1140. The lowest BCUT2D eigenvalue weighted by molar-refractivity contribution is 0.0697. The predicted molar refractivity (Wildman–Crippen MR) is 114 cm³/mol. The van der Waals surface area contributed by atoms with Gasteiger partial charge >= 0.3 is 5.97 Å². The third-order valence-electron chi connectivity index (χ3n) is 4.83. The summed E-state index contributed by atoms with van der Waals surface area (Å²) in [7, 11) is -2.06. The number of aromatic carboxylic acids is 1. The molecular formula is C21H23N3O5S. The molecule has 9 heteroatoms. The van der Waals surface area contributed by atoms with Crippen LogP contribution in [-0.2, 0) is 16.4 Å². The molecule has 3 aromatic rings. The standard InChI is InChI=1S/C21H23N3O5S/c1-14-18(15(2)29-22-14)11-12-24(3)20-10-9-16(21(25)26)13-19(20)23-30(27,28)17-7-5-4-6-8-17/h4-10,13,23H,11-12H2,1-3H3,(H,25,26). The van der Waals surface area contributed by atoms with Gasteiger partial charge in [0.25, 0.3) is 10.0 Å². The number of hydrogen-bond donors (Lipinski definition) is 2. The summed E-state index contributed by atoms with van der Waals surface area (Å²) in [6.07, 6.45) is 0.642. The van der Waals surface area contributed by atoms with Crippen LogP contribution < -0.4 is 9.62 Å². The van der Waals surface area contributed by atoms with E-state index in [4.69, 9.17) is 4.52 Å². The smallest absolute Gasteiger partial charge is 0.335 e. The summed E-state index contributed by atoms with van der Waals surface area (Å²) < 4.78 is 33.3. The highest BCUT2D eigenvalue weighted by atomic mass is 32.2. The highest BCUT2D eigenvalue weighted by Crippen LogP contribution is 2.29. The maximum Gasteiger partial charge on any atom is 0.335 e. The van der Waals surface area contributed by atoms with E-state index in [9.17, 15) is 18.3 Å². The average molecular weight is 429 g/mol. The van der Waals surface area contributed by atoms with Crippen LogP contribution in [0.2, 0.25) is 0 Å². The number of hydrogen-bond acceptors (Lipinski definition) is 6. The second-order valence-electron chi connectivity index (χ2n) is 6.93. The largest absolute Gasteiger partial charge is 0.478 e. The van der Waals surface area contributed by atoms with Gasteiger partial charge in [-0.3, -0.25) is 4.72 Å². The van der Waals surface area contributed by atoms with Gasteiger partial charge < -0.3 is 14.5 Å². The first kappa shape index (κ1) is 21.4. The molecule has 158 valence electrons. The van der Waals surface area contributed by atoms with Crippen molar-refractivity contribution in [3.63, 3.8) is 0 Å². The SMILES string of the molecule is Cc1noc(C)c1CCN(C)c1ccc(C(=O)O)cc1NS(=O)(=O)c1ccccc1. The molecule has 0 aliphatic carbocycles. The third kappa shape index (κ3) is 4.62. The van der Waals surface area contributed by atoms with E-state index < -0.39 is 16.0 Å². The Labute approximate surface area is 175 Å². The minimum atomic E-state index is -3.88. The van der Waals surface area contributed by atoms with Crippen LogP contribution in [0.15, 0.2) is 57.9 Å². The van der Waals surface area contributed by atoms with Crippen LogP contribution in [0.1, 0.15) is 27.4 Å². The summed E-state index contributed by atoms with van der Waals surface area (Å²) in [5.41, 5.74) is 2.55. The van der Waals surface area contributed by atoms with Crippen LogP contribution in [0.5, 0.6) is 0 Å². The van der Waals surface area contributed by atoms with Crippen molar-refractivity contribution in [1.82, 2.24) is 5.16 Å². The fourth-order valence-corrected chi connectivity index (χ4v) is 4.23. The summed E-state index contributed by atoms with van der Waals surface area (Å²) in [5.74, 6) is -0.396. The van der Waals surface area contributed by atoms with Gasteiger partial charge in [0.2, 0.25) is 0 Å². The van der Waals surface area contributed by atoms with Crippen molar-refractivity contribution in [1.29, 1.82) is 0 Å². The molecule has 0 aliphatic heterocycles. The zero-order valence-electron chi connectivity index (χ0n) is 16.9. The van der Waals surface area contributed by atoms with E-state index in [1.54, 1.807) is 24.3 Å². The van der Waals surface area contributed by atoms with Gasteiger partial charge in [0.1, 0.15) is 5.76 Å². The first-order chi connectivity index (χ1) is 14.2. The molecule has 3 rings (SSSR count). The molecule has 0 amide bonds. The van der Waals surface area contributed by atoms with E-state index in [0.717, 1.165) is 17.0 Å². The van der Waals surface area contributed by atoms with Crippen LogP contribution in [-0.4, -0.2) is 38.2 Å². The normalized spacial score (nSPS) is 11.3. The highest BCUT2D eigenvalue weighted by molar-refractivity contribution is 7.92. The first-order valence-electron chi connectivity index (χ1n) is 9.27. The van der Waals surface area contributed by atoms with Crippen LogP contribution >= 0.6 is 0 Å². The van der Waals surface area contributed by atoms with Gasteiger partial charge in [-0.1, -0.05) is 23.4 Å². The van der Waals surface area contributed by atoms with E-state index in [-0.39, 0.29) is 16.1 Å². The topological polar surface area (TPSA) is 113 Å². The van der Waals surface area contributed by atoms with E-state index in [0.29, 0.717) is 18.7 Å². The van der Waals surface area contributed by atoms with Crippen molar-refractivity contribution in [3.05, 3.63) is 71.1 Å². The van der Waals surface area contributed by atoms with Gasteiger partial charge in [0.15, 0.2) is 0 Å². The van der Waals surface area contributed by atoms with Gasteiger partial charge in [-0.15, -0.1) is 0 Å². The molecule has 0 aliphatic rings. The predicted octanol–water partition coefficient (Wildman–Crippen LogP) is 3.47. The molecule has 30 heavy (non-hydrogen) atoms. The van der Waals surface area contributed by atoms with Gasteiger partial charge in [0.05, 0.1) is 27.5 Å². The minimum Gasteiger partial charge on any atom is -0.478 e. The van der Waals surface area contributed by atoms with E-state index in [1.165, 1.54) is 24.3 Å². The molecule has 0 bridgehead atoms. The van der Waals surface area contributed by atoms with Gasteiger partial charge in [0, 0.05) is 19.2 Å². The molecule has 8 nitrogen and oxygen atoms in total. The molecule has 0 spiro atoms. The molecule has 2 aromatic carbocycles. The van der Waals surface area contributed by atoms with Crippen molar-refractivity contribution in [3.8, 4) is 0 Å². The molecule has 0 saturated heterocycles. The molecular weight excluding hydrogens is 406 g/mol.